The smallest absolute Gasteiger partial charge is 0.0330 e. The Kier molecular flexibility index (Phi) is 6.51. The molecular weight excluding hydrogens is 258 g/mol. The molecule has 2 rings (SSSR count). The van der Waals surface area contributed by atoms with Crippen LogP contribution < -0.4 is 5.32 Å². The van der Waals surface area contributed by atoms with E-state index in [0.717, 1.165) is 12.0 Å². The summed E-state index contributed by atoms with van der Waals surface area (Å²) in [5.74, 6) is 0.913. The fourth-order valence-electron chi connectivity index (χ4n) is 4.28. The number of hydrogen-bond donors (Lipinski definition) is 1. The highest BCUT2D eigenvalue weighted by atomic mass is 15.2. The molecule has 0 spiro atoms. The van der Waals surface area contributed by atoms with Crippen molar-refractivity contribution < 1.29 is 0 Å². The molecule has 21 heavy (non-hydrogen) atoms. The van der Waals surface area contributed by atoms with Gasteiger partial charge in [-0.1, -0.05) is 13.3 Å². The van der Waals surface area contributed by atoms with Gasteiger partial charge in [-0.3, -0.25) is 0 Å². The zero-order valence-electron chi connectivity index (χ0n) is 14.8. The summed E-state index contributed by atoms with van der Waals surface area (Å²) in [6, 6.07) is 0.796. The average molecular weight is 296 g/mol. The summed E-state index contributed by atoms with van der Waals surface area (Å²) in [5, 5.41) is 3.77. The first-order valence-corrected chi connectivity index (χ1v) is 9.17. The molecule has 0 aromatic rings. The molecule has 2 aliphatic carbocycles. The molecule has 2 aliphatic rings. The van der Waals surface area contributed by atoms with Crippen molar-refractivity contribution in [3.63, 3.8) is 0 Å². The summed E-state index contributed by atoms with van der Waals surface area (Å²) in [6.45, 7) is 5.98. The molecule has 3 nitrogen and oxygen atoms in total. The molecule has 2 atom stereocenters. The second kappa shape index (κ2) is 7.94. The summed E-state index contributed by atoms with van der Waals surface area (Å²) in [7, 11) is 6.84. The van der Waals surface area contributed by atoms with E-state index in [4.69, 9.17) is 0 Å². The Hall–Kier alpha value is -0.120. The molecule has 2 saturated carbocycles. The van der Waals surface area contributed by atoms with Crippen molar-refractivity contribution in [3.8, 4) is 0 Å². The van der Waals surface area contributed by atoms with Crippen molar-refractivity contribution in [2.45, 2.75) is 69.9 Å². The molecule has 0 radical (unpaired) electrons. The lowest BCUT2D eigenvalue weighted by Gasteiger charge is -2.49. The summed E-state index contributed by atoms with van der Waals surface area (Å²) < 4.78 is 0. The third-order valence-electron chi connectivity index (χ3n) is 5.99. The van der Waals surface area contributed by atoms with Gasteiger partial charge < -0.3 is 15.1 Å². The van der Waals surface area contributed by atoms with Gasteiger partial charge in [0, 0.05) is 18.1 Å². The van der Waals surface area contributed by atoms with E-state index in [1.807, 2.05) is 0 Å². The van der Waals surface area contributed by atoms with Crippen LogP contribution in [0.2, 0.25) is 0 Å². The third kappa shape index (κ3) is 4.43. The van der Waals surface area contributed by atoms with Gasteiger partial charge in [0.1, 0.15) is 0 Å². The van der Waals surface area contributed by atoms with Gasteiger partial charge >= 0.3 is 0 Å². The highest BCUT2D eigenvalue weighted by Gasteiger charge is 2.39. The lowest BCUT2D eigenvalue weighted by molar-refractivity contribution is 0.0264. The highest BCUT2D eigenvalue weighted by molar-refractivity contribution is 4.98. The fraction of sp³-hybridized carbons (Fsp3) is 1.00. The lowest BCUT2D eigenvalue weighted by Crippen LogP contribution is -2.56. The van der Waals surface area contributed by atoms with Gasteiger partial charge in [0.05, 0.1) is 0 Å². The van der Waals surface area contributed by atoms with Gasteiger partial charge in [0.2, 0.25) is 0 Å². The Balaban J connectivity index is 1.72. The van der Waals surface area contributed by atoms with Crippen molar-refractivity contribution in [3.05, 3.63) is 0 Å². The summed E-state index contributed by atoms with van der Waals surface area (Å²) in [5.41, 5.74) is 0.476. The zero-order chi connectivity index (χ0) is 15.3. The van der Waals surface area contributed by atoms with Crippen LogP contribution in [0.5, 0.6) is 0 Å². The van der Waals surface area contributed by atoms with Crippen molar-refractivity contribution in [1.29, 1.82) is 0 Å². The summed E-state index contributed by atoms with van der Waals surface area (Å²) >= 11 is 0. The highest BCUT2D eigenvalue weighted by Crippen LogP contribution is 2.37. The number of hydrogen-bond acceptors (Lipinski definition) is 3. The Bertz CT molecular complexity index is 299. The molecule has 2 fully saturated rings. The molecule has 0 aliphatic heterocycles. The average Bonchev–Trinajstić information content (AvgIpc) is 2.85. The predicted molar refractivity (Wildman–Crippen MR) is 91.8 cm³/mol. The Morgan fingerprint density at radius 1 is 1.10 bits per heavy atom. The SMILES string of the molecule is CCCNC1CCCC1CCN(C)CC1(N(C)C)CCC1. The molecule has 0 amide bonds. The summed E-state index contributed by atoms with van der Waals surface area (Å²) in [4.78, 5) is 5.06. The fourth-order valence-corrected chi connectivity index (χ4v) is 4.28. The molecule has 3 heteroatoms. The first-order valence-electron chi connectivity index (χ1n) is 9.17. The molecular formula is C18H37N3. The normalized spacial score (nSPS) is 28.3. The van der Waals surface area contributed by atoms with E-state index in [1.165, 1.54) is 71.0 Å². The van der Waals surface area contributed by atoms with Gasteiger partial charge in [0.15, 0.2) is 0 Å². The van der Waals surface area contributed by atoms with Crippen LogP contribution in [0.15, 0.2) is 0 Å². The molecule has 0 heterocycles. The van der Waals surface area contributed by atoms with E-state index in [9.17, 15) is 0 Å². The van der Waals surface area contributed by atoms with E-state index in [-0.39, 0.29) is 0 Å². The van der Waals surface area contributed by atoms with E-state index in [0.29, 0.717) is 5.54 Å². The Labute approximate surface area is 132 Å². The quantitative estimate of drug-likeness (QED) is 0.705. The van der Waals surface area contributed by atoms with Crippen LogP contribution in [0.4, 0.5) is 0 Å². The van der Waals surface area contributed by atoms with Crippen molar-refractivity contribution in [1.82, 2.24) is 15.1 Å². The number of nitrogens with one attached hydrogen (secondary N) is 1. The van der Waals surface area contributed by atoms with Crippen molar-refractivity contribution in [2.75, 3.05) is 40.8 Å². The minimum Gasteiger partial charge on any atom is -0.314 e. The number of nitrogens with zero attached hydrogens (tertiary/aromatic N) is 2. The van der Waals surface area contributed by atoms with Crippen LogP contribution in [0.25, 0.3) is 0 Å². The van der Waals surface area contributed by atoms with Gasteiger partial charge in [-0.2, -0.15) is 0 Å². The first kappa shape index (κ1) is 17.2. The molecule has 0 bridgehead atoms. The molecule has 0 aromatic heterocycles. The summed E-state index contributed by atoms with van der Waals surface area (Å²) in [6.07, 6.45) is 11.1. The minimum atomic E-state index is 0.476. The van der Waals surface area contributed by atoms with Gasteiger partial charge in [0.25, 0.3) is 0 Å². The van der Waals surface area contributed by atoms with E-state index >= 15 is 0 Å². The Morgan fingerprint density at radius 2 is 1.86 bits per heavy atom. The van der Waals surface area contributed by atoms with Crippen LogP contribution in [-0.2, 0) is 0 Å². The van der Waals surface area contributed by atoms with E-state index < -0.39 is 0 Å². The second-order valence-electron chi connectivity index (χ2n) is 7.75. The van der Waals surface area contributed by atoms with E-state index in [2.05, 4.69) is 43.2 Å². The number of likely N-dealkylation sites (N-methyl/N-ethyl adjacent to an activating group) is 2. The molecule has 124 valence electrons. The maximum absolute atomic E-state index is 3.77. The van der Waals surface area contributed by atoms with E-state index in [1.54, 1.807) is 0 Å². The molecule has 1 N–H and O–H groups in total. The van der Waals surface area contributed by atoms with Crippen LogP contribution in [0.3, 0.4) is 0 Å². The Morgan fingerprint density at radius 3 is 2.43 bits per heavy atom. The minimum absolute atomic E-state index is 0.476. The van der Waals surface area contributed by atoms with Crippen molar-refractivity contribution in [2.24, 2.45) is 5.92 Å². The molecule has 2 unspecified atom stereocenters. The van der Waals surface area contributed by atoms with Gasteiger partial charge in [-0.25, -0.2) is 0 Å². The third-order valence-corrected chi connectivity index (χ3v) is 5.99. The predicted octanol–water partition coefficient (Wildman–Crippen LogP) is 2.96. The largest absolute Gasteiger partial charge is 0.314 e. The monoisotopic (exact) mass is 295 g/mol. The lowest BCUT2D eigenvalue weighted by atomic mass is 9.75. The van der Waals surface area contributed by atoms with Gasteiger partial charge in [-0.05, 0) is 85.1 Å². The van der Waals surface area contributed by atoms with Crippen LogP contribution in [-0.4, -0.2) is 62.2 Å². The first-order chi connectivity index (χ1) is 10.1. The van der Waals surface area contributed by atoms with Crippen LogP contribution in [0, 0.1) is 5.92 Å². The van der Waals surface area contributed by atoms with Crippen LogP contribution >= 0.6 is 0 Å². The maximum Gasteiger partial charge on any atom is 0.0330 e. The van der Waals surface area contributed by atoms with Crippen molar-refractivity contribution >= 4 is 0 Å². The maximum atomic E-state index is 3.77. The molecule has 0 saturated heterocycles. The molecule has 0 aromatic carbocycles. The van der Waals surface area contributed by atoms with Crippen LogP contribution in [0.1, 0.15) is 58.3 Å². The van der Waals surface area contributed by atoms with Gasteiger partial charge in [-0.15, -0.1) is 0 Å². The second-order valence-corrected chi connectivity index (χ2v) is 7.75. The topological polar surface area (TPSA) is 18.5 Å². The standard InChI is InChI=1S/C18H37N3/c1-5-13-19-17-9-6-8-16(17)10-14-21(4)15-18(20(2)3)11-7-12-18/h16-17,19H,5-15H2,1-4H3. The zero-order valence-corrected chi connectivity index (χ0v) is 14.8. The number of rotatable bonds is 9.